The minimum atomic E-state index is -0.104. The van der Waals surface area contributed by atoms with Gasteiger partial charge in [0.1, 0.15) is 5.82 Å². The number of nitrogens with one attached hydrogen (secondary N) is 1. The molecule has 0 radical (unpaired) electrons. The molecule has 3 heteroatoms. The largest absolute Gasteiger partial charge is 0.306 e. The molecule has 2 aliphatic rings. The van der Waals surface area contributed by atoms with Gasteiger partial charge in [0.25, 0.3) is 0 Å². The van der Waals surface area contributed by atoms with E-state index in [4.69, 9.17) is 0 Å². The molecular formula is C16H23FN2. The molecule has 1 aromatic carbocycles. The van der Waals surface area contributed by atoms with Crippen LogP contribution < -0.4 is 5.32 Å². The molecule has 2 fully saturated rings. The van der Waals surface area contributed by atoms with E-state index in [1.807, 2.05) is 12.1 Å². The van der Waals surface area contributed by atoms with Gasteiger partial charge >= 0.3 is 0 Å². The topological polar surface area (TPSA) is 15.3 Å². The SMILES string of the molecule is CC1CC(N[C@H](C)c2ccccc2F)CN1C1CC1. The van der Waals surface area contributed by atoms with Crippen molar-refractivity contribution in [3.63, 3.8) is 0 Å². The first kappa shape index (κ1) is 13.1. The van der Waals surface area contributed by atoms with Crippen molar-refractivity contribution in [3.05, 3.63) is 35.6 Å². The highest BCUT2D eigenvalue weighted by Gasteiger charge is 2.38. The summed E-state index contributed by atoms with van der Waals surface area (Å²) in [4.78, 5) is 2.62. The highest BCUT2D eigenvalue weighted by atomic mass is 19.1. The number of likely N-dealkylation sites (tertiary alicyclic amines) is 1. The smallest absolute Gasteiger partial charge is 0.127 e. The van der Waals surface area contributed by atoms with E-state index in [9.17, 15) is 4.39 Å². The molecule has 1 aliphatic heterocycles. The van der Waals surface area contributed by atoms with Gasteiger partial charge in [-0.3, -0.25) is 4.90 Å². The van der Waals surface area contributed by atoms with Crippen LogP contribution in [0.15, 0.2) is 24.3 Å². The first-order valence-corrected chi connectivity index (χ1v) is 7.41. The molecule has 1 heterocycles. The lowest BCUT2D eigenvalue weighted by Crippen LogP contribution is -2.35. The van der Waals surface area contributed by atoms with Crippen LogP contribution in [0.1, 0.15) is 44.7 Å². The molecule has 19 heavy (non-hydrogen) atoms. The minimum Gasteiger partial charge on any atom is -0.306 e. The third-order valence-electron chi connectivity index (χ3n) is 4.50. The van der Waals surface area contributed by atoms with Gasteiger partial charge in [-0.25, -0.2) is 4.39 Å². The predicted molar refractivity (Wildman–Crippen MR) is 75.5 cm³/mol. The fourth-order valence-corrected chi connectivity index (χ4v) is 3.36. The summed E-state index contributed by atoms with van der Waals surface area (Å²) in [7, 11) is 0. The summed E-state index contributed by atoms with van der Waals surface area (Å²) < 4.78 is 13.8. The molecule has 3 rings (SSSR count). The van der Waals surface area contributed by atoms with Gasteiger partial charge in [0, 0.05) is 36.3 Å². The van der Waals surface area contributed by atoms with Gasteiger partial charge in [0.05, 0.1) is 0 Å². The summed E-state index contributed by atoms with van der Waals surface area (Å²) in [5, 5.41) is 3.60. The monoisotopic (exact) mass is 262 g/mol. The highest BCUT2D eigenvalue weighted by Crippen LogP contribution is 2.33. The minimum absolute atomic E-state index is 0.0811. The lowest BCUT2D eigenvalue weighted by molar-refractivity contribution is 0.254. The van der Waals surface area contributed by atoms with E-state index in [0.29, 0.717) is 12.1 Å². The zero-order chi connectivity index (χ0) is 13.4. The highest BCUT2D eigenvalue weighted by molar-refractivity contribution is 5.20. The summed E-state index contributed by atoms with van der Waals surface area (Å²) in [6.07, 6.45) is 3.90. The molecule has 1 aromatic rings. The Labute approximate surface area is 115 Å². The first-order chi connectivity index (χ1) is 9.15. The van der Waals surface area contributed by atoms with Crippen LogP contribution in [0.3, 0.4) is 0 Å². The predicted octanol–water partition coefficient (Wildman–Crippen LogP) is 3.10. The van der Waals surface area contributed by atoms with Crippen LogP contribution in [0.4, 0.5) is 4.39 Å². The molecule has 2 unspecified atom stereocenters. The summed E-state index contributed by atoms with van der Waals surface area (Å²) in [5.41, 5.74) is 0.778. The van der Waals surface area contributed by atoms with Gasteiger partial charge in [0.15, 0.2) is 0 Å². The van der Waals surface area contributed by atoms with Gasteiger partial charge < -0.3 is 5.32 Å². The third kappa shape index (κ3) is 2.82. The van der Waals surface area contributed by atoms with Gasteiger partial charge in [0.2, 0.25) is 0 Å². The zero-order valence-electron chi connectivity index (χ0n) is 11.8. The molecule has 1 N–H and O–H groups in total. The second-order valence-electron chi connectivity index (χ2n) is 6.12. The summed E-state index contributed by atoms with van der Waals surface area (Å²) in [5.74, 6) is -0.104. The van der Waals surface area contributed by atoms with Crippen molar-refractivity contribution in [2.24, 2.45) is 0 Å². The van der Waals surface area contributed by atoms with E-state index < -0.39 is 0 Å². The Kier molecular flexibility index (Phi) is 3.59. The molecule has 3 atom stereocenters. The lowest BCUT2D eigenvalue weighted by atomic mass is 10.1. The maximum absolute atomic E-state index is 13.8. The van der Waals surface area contributed by atoms with Crippen molar-refractivity contribution in [2.45, 2.75) is 57.3 Å². The zero-order valence-corrected chi connectivity index (χ0v) is 11.8. The van der Waals surface area contributed by atoms with Gasteiger partial charge in [-0.05, 0) is 39.2 Å². The molecule has 104 valence electrons. The second-order valence-corrected chi connectivity index (χ2v) is 6.12. The van der Waals surface area contributed by atoms with Gasteiger partial charge in [-0.2, -0.15) is 0 Å². The Morgan fingerprint density at radius 3 is 2.74 bits per heavy atom. The third-order valence-corrected chi connectivity index (χ3v) is 4.50. The van der Waals surface area contributed by atoms with Gasteiger partial charge in [-0.1, -0.05) is 18.2 Å². The second kappa shape index (κ2) is 5.22. The molecule has 1 aliphatic carbocycles. The molecule has 2 nitrogen and oxygen atoms in total. The number of nitrogens with zero attached hydrogens (tertiary/aromatic N) is 1. The fraction of sp³-hybridized carbons (Fsp3) is 0.625. The van der Waals surface area contributed by atoms with Crippen LogP contribution in [-0.2, 0) is 0 Å². The van der Waals surface area contributed by atoms with E-state index >= 15 is 0 Å². The Balaban J connectivity index is 1.61. The van der Waals surface area contributed by atoms with Crippen LogP contribution in [0.5, 0.6) is 0 Å². The van der Waals surface area contributed by atoms with E-state index in [1.54, 1.807) is 12.1 Å². The number of hydrogen-bond donors (Lipinski definition) is 1. The first-order valence-electron chi connectivity index (χ1n) is 7.41. The quantitative estimate of drug-likeness (QED) is 0.897. The van der Waals surface area contributed by atoms with Crippen molar-refractivity contribution in [1.82, 2.24) is 10.2 Å². The molecule has 0 spiro atoms. The number of benzene rings is 1. The van der Waals surface area contributed by atoms with Crippen molar-refractivity contribution in [1.29, 1.82) is 0 Å². The maximum atomic E-state index is 13.8. The van der Waals surface area contributed by atoms with Crippen LogP contribution >= 0.6 is 0 Å². The molecule has 1 saturated carbocycles. The summed E-state index contributed by atoms with van der Waals surface area (Å²) >= 11 is 0. The average Bonchev–Trinajstić information content (AvgIpc) is 3.15. The normalized spacial score (nSPS) is 29.6. The Morgan fingerprint density at radius 1 is 1.32 bits per heavy atom. The number of rotatable bonds is 4. The van der Waals surface area contributed by atoms with Crippen molar-refractivity contribution in [2.75, 3.05) is 6.54 Å². The molecule has 0 aromatic heterocycles. The van der Waals surface area contributed by atoms with Crippen LogP contribution in [-0.4, -0.2) is 29.6 Å². The van der Waals surface area contributed by atoms with E-state index in [-0.39, 0.29) is 11.9 Å². The lowest BCUT2D eigenvalue weighted by Gasteiger charge is -2.21. The Hall–Kier alpha value is -0.930. The van der Waals surface area contributed by atoms with Crippen LogP contribution in [0, 0.1) is 5.82 Å². The Bertz CT molecular complexity index is 444. The van der Waals surface area contributed by atoms with E-state index in [2.05, 4.69) is 24.1 Å². The van der Waals surface area contributed by atoms with E-state index in [1.165, 1.54) is 19.3 Å². The van der Waals surface area contributed by atoms with Gasteiger partial charge in [-0.15, -0.1) is 0 Å². The van der Waals surface area contributed by atoms with Crippen molar-refractivity contribution < 1.29 is 4.39 Å². The Morgan fingerprint density at radius 2 is 2.05 bits per heavy atom. The van der Waals surface area contributed by atoms with Crippen molar-refractivity contribution in [3.8, 4) is 0 Å². The summed E-state index contributed by atoms with van der Waals surface area (Å²) in [6.45, 7) is 5.49. The van der Waals surface area contributed by atoms with Crippen molar-refractivity contribution >= 4 is 0 Å². The standard InChI is InChI=1S/C16H23FN2/c1-11-9-13(10-19(11)14-7-8-14)18-12(2)15-5-3-4-6-16(15)17/h3-6,11-14,18H,7-10H2,1-2H3/t11?,12-,13?/m1/s1. The maximum Gasteiger partial charge on any atom is 0.127 e. The van der Waals surface area contributed by atoms with Crippen LogP contribution in [0.2, 0.25) is 0 Å². The molecule has 0 bridgehead atoms. The van der Waals surface area contributed by atoms with Crippen LogP contribution in [0.25, 0.3) is 0 Å². The molecule has 0 amide bonds. The fourth-order valence-electron chi connectivity index (χ4n) is 3.36. The summed E-state index contributed by atoms with van der Waals surface area (Å²) in [6, 6.07) is 9.14. The number of hydrogen-bond acceptors (Lipinski definition) is 2. The molecule has 1 saturated heterocycles. The average molecular weight is 262 g/mol. The number of halogens is 1. The molecular weight excluding hydrogens is 239 g/mol. The van der Waals surface area contributed by atoms with E-state index in [0.717, 1.165) is 18.2 Å².